The van der Waals surface area contributed by atoms with E-state index < -0.39 is 5.41 Å². The van der Waals surface area contributed by atoms with Crippen LogP contribution in [-0.4, -0.2) is 23.2 Å². The van der Waals surface area contributed by atoms with Crippen molar-refractivity contribution >= 4 is 17.3 Å². The molecule has 0 saturated carbocycles. The molecule has 2 N–H and O–H groups in total. The number of rotatable bonds is 3. The molecule has 0 unspecified atom stereocenters. The Morgan fingerprint density at radius 3 is 2.23 bits per heavy atom. The SMILES string of the molecule is C[C@@]1(/C(=N/c2ccccc2)c2ccccc2)CCN(N)C1=O. The topological polar surface area (TPSA) is 58.7 Å². The molecule has 3 rings (SSSR count). The van der Waals surface area contributed by atoms with Crippen molar-refractivity contribution in [2.45, 2.75) is 13.3 Å². The second kappa shape index (κ2) is 5.73. The third kappa shape index (κ3) is 2.53. The minimum absolute atomic E-state index is 0.0777. The molecule has 0 spiro atoms. The fourth-order valence-corrected chi connectivity index (χ4v) is 2.82. The van der Waals surface area contributed by atoms with Gasteiger partial charge in [0.2, 0.25) is 5.91 Å². The van der Waals surface area contributed by atoms with E-state index in [1.807, 2.05) is 67.6 Å². The number of aliphatic imine (C=N–C) groups is 1. The van der Waals surface area contributed by atoms with E-state index in [2.05, 4.69) is 0 Å². The number of hydrazine groups is 1. The molecule has 4 nitrogen and oxygen atoms in total. The van der Waals surface area contributed by atoms with E-state index in [4.69, 9.17) is 10.8 Å². The average molecular weight is 293 g/mol. The number of para-hydroxylation sites is 1. The summed E-state index contributed by atoms with van der Waals surface area (Å²) in [6.07, 6.45) is 0.670. The molecule has 22 heavy (non-hydrogen) atoms. The minimum atomic E-state index is -0.689. The first-order valence-corrected chi connectivity index (χ1v) is 7.37. The molecule has 1 amide bonds. The quantitative estimate of drug-likeness (QED) is 0.537. The van der Waals surface area contributed by atoms with Crippen LogP contribution in [0.5, 0.6) is 0 Å². The Hall–Kier alpha value is -2.46. The third-order valence-corrected chi connectivity index (χ3v) is 4.15. The zero-order chi connectivity index (χ0) is 15.6. The van der Waals surface area contributed by atoms with Crippen molar-refractivity contribution in [1.82, 2.24) is 5.01 Å². The van der Waals surface area contributed by atoms with Gasteiger partial charge in [-0.1, -0.05) is 48.5 Å². The van der Waals surface area contributed by atoms with Gasteiger partial charge in [-0.15, -0.1) is 0 Å². The summed E-state index contributed by atoms with van der Waals surface area (Å²) in [7, 11) is 0. The van der Waals surface area contributed by atoms with E-state index in [1.165, 1.54) is 5.01 Å². The first kappa shape index (κ1) is 14.5. The van der Waals surface area contributed by atoms with Gasteiger partial charge in [0.1, 0.15) is 0 Å². The zero-order valence-corrected chi connectivity index (χ0v) is 12.6. The van der Waals surface area contributed by atoms with Crippen molar-refractivity contribution in [1.29, 1.82) is 0 Å². The van der Waals surface area contributed by atoms with Crippen molar-refractivity contribution in [2.24, 2.45) is 16.3 Å². The maximum Gasteiger partial charge on any atom is 0.248 e. The Balaban J connectivity index is 2.13. The molecular weight excluding hydrogens is 274 g/mol. The maximum absolute atomic E-state index is 12.6. The molecule has 1 atom stereocenters. The number of hydrogen-bond donors (Lipinski definition) is 1. The smallest absolute Gasteiger partial charge is 0.248 e. The van der Waals surface area contributed by atoms with Gasteiger partial charge < -0.3 is 0 Å². The van der Waals surface area contributed by atoms with Gasteiger partial charge in [0.15, 0.2) is 0 Å². The molecule has 0 aromatic heterocycles. The zero-order valence-electron chi connectivity index (χ0n) is 12.6. The summed E-state index contributed by atoms with van der Waals surface area (Å²) in [4.78, 5) is 17.3. The lowest BCUT2D eigenvalue weighted by molar-refractivity contribution is -0.132. The van der Waals surface area contributed by atoms with Gasteiger partial charge in [0.25, 0.3) is 0 Å². The van der Waals surface area contributed by atoms with Crippen molar-refractivity contribution in [3.63, 3.8) is 0 Å². The van der Waals surface area contributed by atoms with Gasteiger partial charge in [0, 0.05) is 6.54 Å². The van der Waals surface area contributed by atoms with Crippen LogP contribution < -0.4 is 5.84 Å². The van der Waals surface area contributed by atoms with E-state index >= 15 is 0 Å². The standard InChI is InChI=1S/C18H19N3O/c1-18(12-13-21(19)17(18)22)16(14-8-4-2-5-9-14)20-15-10-6-3-7-11-15/h2-11H,12-13,19H2,1H3/b20-16+/t18-/m0/s1. The highest BCUT2D eigenvalue weighted by molar-refractivity contribution is 6.17. The van der Waals surface area contributed by atoms with Crippen molar-refractivity contribution < 1.29 is 4.79 Å². The summed E-state index contributed by atoms with van der Waals surface area (Å²) in [6, 6.07) is 19.5. The van der Waals surface area contributed by atoms with Crippen LogP contribution in [0.25, 0.3) is 0 Å². The highest BCUT2D eigenvalue weighted by Gasteiger charge is 2.46. The summed E-state index contributed by atoms with van der Waals surface area (Å²) >= 11 is 0. The van der Waals surface area contributed by atoms with Gasteiger partial charge in [-0.2, -0.15) is 0 Å². The Kier molecular flexibility index (Phi) is 3.77. The minimum Gasteiger partial charge on any atom is -0.280 e. The van der Waals surface area contributed by atoms with Gasteiger partial charge in [-0.3, -0.25) is 14.8 Å². The molecule has 0 radical (unpaired) electrons. The van der Waals surface area contributed by atoms with Crippen LogP contribution in [0.15, 0.2) is 65.7 Å². The monoisotopic (exact) mass is 293 g/mol. The first-order valence-electron chi connectivity index (χ1n) is 7.37. The molecule has 2 aromatic carbocycles. The van der Waals surface area contributed by atoms with Crippen LogP contribution in [0, 0.1) is 5.41 Å². The second-order valence-corrected chi connectivity index (χ2v) is 5.74. The molecule has 1 aliphatic rings. The molecule has 1 fully saturated rings. The largest absolute Gasteiger partial charge is 0.280 e. The summed E-state index contributed by atoms with van der Waals surface area (Å²) in [5, 5.41) is 1.30. The number of nitrogens with zero attached hydrogens (tertiary/aromatic N) is 2. The lowest BCUT2D eigenvalue weighted by Gasteiger charge is -2.24. The van der Waals surface area contributed by atoms with E-state index in [0.29, 0.717) is 13.0 Å². The number of carbonyl (C=O) groups excluding carboxylic acids is 1. The summed E-state index contributed by atoms with van der Waals surface area (Å²) in [5.74, 6) is 5.71. The van der Waals surface area contributed by atoms with Crippen molar-refractivity contribution in [3.8, 4) is 0 Å². The molecule has 1 heterocycles. The number of benzene rings is 2. The summed E-state index contributed by atoms with van der Waals surface area (Å²) < 4.78 is 0. The van der Waals surface area contributed by atoms with Crippen molar-refractivity contribution in [2.75, 3.05) is 6.54 Å². The molecular formula is C18H19N3O. The molecule has 0 bridgehead atoms. The van der Waals surface area contributed by atoms with Crippen LogP contribution in [0.1, 0.15) is 18.9 Å². The van der Waals surface area contributed by atoms with E-state index in [1.54, 1.807) is 0 Å². The van der Waals surface area contributed by atoms with Crippen LogP contribution >= 0.6 is 0 Å². The van der Waals surface area contributed by atoms with Crippen LogP contribution in [0.4, 0.5) is 5.69 Å². The number of nitrogens with two attached hydrogens (primary N) is 1. The predicted molar refractivity (Wildman–Crippen MR) is 87.7 cm³/mol. The van der Waals surface area contributed by atoms with Gasteiger partial charge in [-0.05, 0) is 31.0 Å². The van der Waals surface area contributed by atoms with Gasteiger partial charge in [0.05, 0.1) is 16.8 Å². The molecule has 1 aliphatic heterocycles. The Bertz CT molecular complexity index is 697. The van der Waals surface area contributed by atoms with Crippen LogP contribution in [-0.2, 0) is 4.79 Å². The highest BCUT2D eigenvalue weighted by atomic mass is 16.2. The molecule has 0 aliphatic carbocycles. The molecule has 2 aromatic rings. The van der Waals surface area contributed by atoms with Crippen LogP contribution in [0.3, 0.4) is 0 Å². The van der Waals surface area contributed by atoms with E-state index in [-0.39, 0.29) is 5.91 Å². The molecule has 1 saturated heterocycles. The number of amides is 1. The maximum atomic E-state index is 12.6. The normalized spacial score (nSPS) is 22.2. The fraction of sp³-hybridized carbons (Fsp3) is 0.222. The molecule has 4 heteroatoms. The van der Waals surface area contributed by atoms with Gasteiger partial charge >= 0.3 is 0 Å². The Morgan fingerprint density at radius 1 is 1.09 bits per heavy atom. The number of hydrogen-bond acceptors (Lipinski definition) is 3. The molecule has 112 valence electrons. The lowest BCUT2D eigenvalue weighted by Crippen LogP contribution is -2.41. The Morgan fingerprint density at radius 2 is 1.68 bits per heavy atom. The highest BCUT2D eigenvalue weighted by Crippen LogP contribution is 2.35. The predicted octanol–water partition coefficient (Wildman–Crippen LogP) is 2.92. The fourth-order valence-electron chi connectivity index (χ4n) is 2.82. The summed E-state index contributed by atoms with van der Waals surface area (Å²) in [5.41, 5.74) is 1.88. The van der Waals surface area contributed by atoms with E-state index in [9.17, 15) is 4.79 Å². The van der Waals surface area contributed by atoms with Crippen molar-refractivity contribution in [3.05, 3.63) is 66.2 Å². The first-order chi connectivity index (χ1) is 10.6. The Labute approximate surface area is 130 Å². The van der Waals surface area contributed by atoms with Crippen LogP contribution in [0.2, 0.25) is 0 Å². The van der Waals surface area contributed by atoms with E-state index in [0.717, 1.165) is 17.0 Å². The third-order valence-electron chi connectivity index (χ3n) is 4.15. The second-order valence-electron chi connectivity index (χ2n) is 5.74. The number of carbonyl (C=O) groups is 1. The lowest BCUT2D eigenvalue weighted by atomic mass is 9.80. The summed E-state index contributed by atoms with van der Waals surface area (Å²) in [6.45, 7) is 2.48. The van der Waals surface area contributed by atoms with Gasteiger partial charge in [-0.25, -0.2) is 5.84 Å². The average Bonchev–Trinajstić information content (AvgIpc) is 2.83.